The van der Waals surface area contributed by atoms with Gasteiger partial charge in [-0.05, 0) is 69.1 Å². The second-order valence-corrected chi connectivity index (χ2v) is 9.86. The lowest BCUT2D eigenvalue weighted by molar-refractivity contribution is 0.0260. The van der Waals surface area contributed by atoms with Gasteiger partial charge < -0.3 is 14.5 Å². The summed E-state index contributed by atoms with van der Waals surface area (Å²) in [6, 6.07) is 17.3. The van der Waals surface area contributed by atoms with Crippen molar-refractivity contribution in [1.29, 1.82) is 0 Å². The highest BCUT2D eigenvalue weighted by Gasteiger charge is 2.45. The second kappa shape index (κ2) is 10.1. The molecule has 2 aromatic rings. The monoisotopic (exact) mass is 435 g/mol. The maximum Gasteiger partial charge on any atom is 0.410 e. The Labute approximate surface area is 193 Å². The molecule has 1 saturated heterocycles. The minimum atomic E-state index is -0.229. The summed E-state index contributed by atoms with van der Waals surface area (Å²) in [7, 11) is 6.40. The first-order valence-electron chi connectivity index (χ1n) is 11.9. The van der Waals surface area contributed by atoms with E-state index in [1.165, 1.54) is 36.0 Å². The normalized spacial score (nSPS) is 18.0. The predicted octanol–water partition coefficient (Wildman–Crippen LogP) is 5.00. The van der Waals surface area contributed by atoms with Crippen molar-refractivity contribution in [2.24, 2.45) is 0 Å². The van der Waals surface area contributed by atoms with Crippen molar-refractivity contribution in [3.8, 4) is 11.1 Å². The van der Waals surface area contributed by atoms with Crippen LogP contribution >= 0.6 is 0 Å². The van der Waals surface area contributed by atoms with Gasteiger partial charge >= 0.3 is 6.09 Å². The molecule has 5 heteroatoms. The second-order valence-electron chi connectivity index (χ2n) is 9.86. The van der Waals surface area contributed by atoms with Crippen molar-refractivity contribution in [2.45, 2.75) is 50.8 Å². The number of likely N-dealkylation sites (N-methyl/N-ethyl adjacent to an activating group) is 2. The van der Waals surface area contributed by atoms with E-state index in [0.29, 0.717) is 6.54 Å². The van der Waals surface area contributed by atoms with Crippen LogP contribution in [-0.4, -0.2) is 67.2 Å². The van der Waals surface area contributed by atoms with E-state index in [4.69, 9.17) is 4.74 Å². The molecule has 2 aliphatic rings. The number of rotatable bonds is 8. The Hall–Kier alpha value is -2.37. The third-order valence-corrected chi connectivity index (χ3v) is 6.83. The Balaban J connectivity index is 1.41. The number of hydrogen-bond acceptors (Lipinski definition) is 4. The SMILES string of the molecule is CN(C)CCN(C)Cc1ccccc1-c1ccc(CN2CC3(CCCCC3)OC2=O)cc1. The van der Waals surface area contributed by atoms with Gasteiger partial charge in [-0.1, -0.05) is 55.0 Å². The average molecular weight is 436 g/mol. The molecule has 0 aromatic heterocycles. The highest BCUT2D eigenvalue weighted by Crippen LogP contribution is 2.37. The van der Waals surface area contributed by atoms with Crippen LogP contribution in [0.1, 0.15) is 43.2 Å². The van der Waals surface area contributed by atoms with E-state index < -0.39 is 0 Å². The van der Waals surface area contributed by atoms with Crippen molar-refractivity contribution in [2.75, 3.05) is 40.8 Å². The molecule has 32 heavy (non-hydrogen) atoms. The zero-order valence-corrected chi connectivity index (χ0v) is 19.8. The lowest BCUT2D eigenvalue weighted by Gasteiger charge is -2.30. The van der Waals surface area contributed by atoms with Gasteiger partial charge in [-0.2, -0.15) is 0 Å². The van der Waals surface area contributed by atoms with Crippen LogP contribution in [0.3, 0.4) is 0 Å². The van der Waals surface area contributed by atoms with E-state index in [9.17, 15) is 4.79 Å². The van der Waals surface area contributed by atoms with E-state index in [1.807, 2.05) is 4.90 Å². The van der Waals surface area contributed by atoms with Gasteiger partial charge in [0.2, 0.25) is 0 Å². The summed E-state index contributed by atoms with van der Waals surface area (Å²) < 4.78 is 5.83. The molecule has 0 N–H and O–H groups in total. The average Bonchev–Trinajstić information content (AvgIpc) is 3.07. The summed E-state index contributed by atoms with van der Waals surface area (Å²) in [5.41, 5.74) is 4.76. The highest BCUT2D eigenvalue weighted by molar-refractivity contribution is 5.71. The van der Waals surface area contributed by atoms with E-state index in [2.05, 4.69) is 79.5 Å². The third kappa shape index (κ3) is 5.51. The van der Waals surface area contributed by atoms with E-state index in [0.717, 1.165) is 44.6 Å². The summed E-state index contributed by atoms with van der Waals surface area (Å²) in [6.07, 6.45) is 5.46. The largest absolute Gasteiger partial charge is 0.441 e. The zero-order valence-electron chi connectivity index (χ0n) is 19.8. The minimum Gasteiger partial charge on any atom is -0.441 e. The van der Waals surface area contributed by atoms with Crippen molar-refractivity contribution >= 4 is 6.09 Å². The topological polar surface area (TPSA) is 36.0 Å². The van der Waals surface area contributed by atoms with Crippen molar-refractivity contribution in [1.82, 2.24) is 14.7 Å². The fourth-order valence-electron chi connectivity index (χ4n) is 4.96. The summed E-state index contributed by atoms with van der Waals surface area (Å²) in [5, 5.41) is 0. The fourth-order valence-corrected chi connectivity index (χ4v) is 4.96. The summed E-state index contributed by atoms with van der Waals surface area (Å²) in [4.78, 5) is 18.9. The molecule has 1 aliphatic heterocycles. The molecular weight excluding hydrogens is 398 g/mol. The van der Waals surface area contributed by atoms with Crippen molar-refractivity contribution in [3.05, 3.63) is 59.7 Å². The fraction of sp³-hybridized carbons (Fsp3) is 0.519. The first-order valence-corrected chi connectivity index (χ1v) is 11.9. The van der Waals surface area contributed by atoms with Gasteiger partial charge in [0.25, 0.3) is 0 Å². The number of benzene rings is 2. The molecule has 172 valence electrons. The smallest absolute Gasteiger partial charge is 0.410 e. The lowest BCUT2D eigenvalue weighted by atomic mass is 9.85. The molecule has 0 bridgehead atoms. The van der Waals surface area contributed by atoms with Crippen molar-refractivity contribution < 1.29 is 9.53 Å². The molecule has 1 amide bonds. The number of carbonyl (C=O) groups is 1. The van der Waals surface area contributed by atoms with Crippen LogP contribution in [0.5, 0.6) is 0 Å². The van der Waals surface area contributed by atoms with E-state index in [-0.39, 0.29) is 11.7 Å². The Kier molecular flexibility index (Phi) is 7.17. The van der Waals surface area contributed by atoms with E-state index in [1.54, 1.807) is 0 Å². The van der Waals surface area contributed by atoms with Gasteiger partial charge in [-0.3, -0.25) is 4.90 Å². The molecule has 5 nitrogen and oxygen atoms in total. The standard InChI is InChI=1S/C27H37N3O2/c1-28(2)17-18-29(3)20-24-9-5-6-10-25(24)23-13-11-22(12-14-23)19-30-21-27(32-26(30)31)15-7-4-8-16-27/h5-6,9-14H,4,7-8,15-21H2,1-3H3. The van der Waals surface area contributed by atoms with Gasteiger partial charge in [0, 0.05) is 26.2 Å². The van der Waals surface area contributed by atoms with E-state index >= 15 is 0 Å². The molecule has 2 aromatic carbocycles. The summed E-state index contributed by atoms with van der Waals surface area (Å²) in [5.74, 6) is 0. The maximum atomic E-state index is 12.5. The number of ether oxygens (including phenoxy) is 1. The van der Waals surface area contributed by atoms with Gasteiger partial charge in [-0.25, -0.2) is 4.79 Å². The van der Waals surface area contributed by atoms with Gasteiger partial charge in [0.1, 0.15) is 5.60 Å². The number of hydrogen-bond donors (Lipinski definition) is 0. The Morgan fingerprint density at radius 1 is 0.938 bits per heavy atom. The number of amides is 1. The van der Waals surface area contributed by atoms with Crippen LogP contribution in [0.2, 0.25) is 0 Å². The molecule has 1 spiro atoms. The maximum absolute atomic E-state index is 12.5. The van der Waals surface area contributed by atoms with Crippen molar-refractivity contribution in [3.63, 3.8) is 0 Å². The quantitative estimate of drug-likeness (QED) is 0.584. The molecule has 4 rings (SSSR count). The van der Waals surface area contributed by atoms with Gasteiger partial charge in [-0.15, -0.1) is 0 Å². The molecule has 1 aliphatic carbocycles. The first-order chi connectivity index (χ1) is 15.4. The lowest BCUT2D eigenvalue weighted by Crippen LogP contribution is -2.36. The number of nitrogens with zero attached hydrogens (tertiary/aromatic N) is 3. The Morgan fingerprint density at radius 3 is 2.38 bits per heavy atom. The molecule has 2 fully saturated rings. The van der Waals surface area contributed by atoms with Gasteiger partial charge in [0.15, 0.2) is 0 Å². The van der Waals surface area contributed by atoms with Crippen LogP contribution < -0.4 is 0 Å². The van der Waals surface area contributed by atoms with Gasteiger partial charge in [0.05, 0.1) is 6.54 Å². The van der Waals surface area contributed by atoms with Crippen LogP contribution in [-0.2, 0) is 17.8 Å². The number of carbonyl (C=O) groups excluding carboxylic acids is 1. The highest BCUT2D eigenvalue weighted by atomic mass is 16.6. The van der Waals surface area contributed by atoms with Crippen LogP contribution in [0.25, 0.3) is 11.1 Å². The molecule has 0 radical (unpaired) electrons. The molecule has 1 saturated carbocycles. The third-order valence-electron chi connectivity index (χ3n) is 6.83. The minimum absolute atomic E-state index is 0.151. The Morgan fingerprint density at radius 2 is 1.66 bits per heavy atom. The molecule has 0 atom stereocenters. The Bertz CT molecular complexity index is 903. The summed E-state index contributed by atoms with van der Waals surface area (Å²) >= 11 is 0. The zero-order chi connectivity index (χ0) is 22.6. The molecule has 1 heterocycles. The van der Waals surface area contributed by atoms with Crippen LogP contribution in [0, 0.1) is 0 Å². The summed E-state index contributed by atoms with van der Waals surface area (Å²) in [6.45, 7) is 4.36. The van der Waals surface area contributed by atoms with Crippen LogP contribution in [0.15, 0.2) is 48.5 Å². The predicted molar refractivity (Wildman–Crippen MR) is 129 cm³/mol. The van der Waals surface area contributed by atoms with Crippen LogP contribution in [0.4, 0.5) is 4.79 Å². The molecule has 0 unspecified atom stereocenters. The molecular formula is C27H37N3O2. The first kappa shape index (κ1) is 22.8.